The summed E-state index contributed by atoms with van der Waals surface area (Å²) in [7, 11) is 6.25. The van der Waals surface area contributed by atoms with Gasteiger partial charge in [0.15, 0.2) is 17.3 Å². The first-order chi connectivity index (χ1) is 28.7. The van der Waals surface area contributed by atoms with Crippen LogP contribution in [0.5, 0.6) is 23.0 Å². The Bertz CT molecular complexity index is 2210. The highest BCUT2D eigenvalue weighted by Gasteiger charge is 2.57. The molecule has 11 heteroatoms. The van der Waals surface area contributed by atoms with Gasteiger partial charge in [0.2, 0.25) is 5.91 Å². The molecule has 4 aromatic rings. The lowest BCUT2D eigenvalue weighted by molar-refractivity contribution is -0.140. The number of ketones is 1. The van der Waals surface area contributed by atoms with Crippen molar-refractivity contribution in [3.05, 3.63) is 129 Å². The minimum absolute atomic E-state index is 0.00237. The molecule has 0 aromatic heterocycles. The molecule has 1 fully saturated rings. The normalized spacial score (nSPS) is 21.7. The molecular formula is C49H57ClFNO8. The first-order valence-corrected chi connectivity index (χ1v) is 20.9. The van der Waals surface area contributed by atoms with E-state index in [1.54, 1.807) is 57.6 Å². The molecule has 0 aliphatic heterocycles. The zero-order valence-corrected chi connectivity index (χ0v) is 36.2. The summed E-state index contributed by atoms with van der Waals surface area (Å²) < 4.78 is 37.3. The number of carbonyl (C=O) groups is 2. The Hall–Kier alpha value is -4.90. The molecule has 2 N–H and O–H groups in total. The number of nitrogens with zero attached hydrogens (tertiary/aromatic N) is 1. The van der Waals surface area contributed by atoms with E-state index in [0.29, 0.717) is 79.1 Å². The van der Waals surface area contributed by atoms with Gasteiger partial charge in [0.25, 0.3) is 0 Å². The van der Waals surface area contributed by atoms with E-state index in [2.05, 4.69) is 19.9 Å². The first-order valence-electron chi connectivity index (χ1n) is 20.6. The van der Waals surface area contributed by atoms with E-state index >= 15 is 4.39 Å². The van der Waals surface area contributed by atoms with E-state index in [0.717, 1.165) is 22.3 Å². The van der Waals surface area contributed by atoms with Crippen molar-refractivity contribution < 1.29 is 43.1 Å². The van der Waals surface area contributed by atoms with Crippen LogP contribution in [0.25, 0.3) is 0 Å². The van der Waals surface area contributed by atoms with E-state index in [-0.39, 0.29) is 54.1 Å². The summed E-state index contributed by atoms with van der Waals surface area (Å²) in [6.45, 7) is 4.28. The number of carbonyl (C=O) groups excluding carboxylic acids is 2. The number of methoxy groups -OCH3 is 4. The van der Waals surface area contributed by atoms with Crippen molar-refractivity contribution in [1.29, 1.82) is 0 Å². The lowest BCUT2D eigenvalue weighted by atomic mass is 9.64. The number of rotatable bonds is 13. The third-order valence-corrected chi connectivity index (χ3v) is 13.2. The number of fused-ring (bicyclic) bond motifs is 8. The third kappa shape index (κ3) is 9.67. The molecule has 0 saturated heterocycles. The SMILES string of the molecule is COc1ccc(CN(C[C@]2(O)CC[C@H]3c4ccc(cc4C(=O)Cc4c(F)cccc4Cl)C[C@@H](O)CCC(C)=CCC[C@@]32C)C(=O)Cc2ccc(OC)c(OC)c2)c(OC)c1. The van der Waals surface area contributed by atoms with Gasteiger partial charge in [0.1, 0.15) is 17.3 Å². The van der Waals surface area contributed by atoms with Crippen LogP contribution in [0.2, 0.25) is 5.02 Å². The molecular weight excluding hydrogens is 785 g/mol. The maximum atomic E-state index is 15.1. The second-order valence-corrected chi connectivity index (χ2v) is 16.9. The van der Waals surface area contributed by atoms with Crippen molar-refractivity contribution >= 4 is 23.3 Å². The van der Waals surface area contributed by atoms with Crippen molar-refractivity contribution in [3.63, 3.8) is 0 Å². The van der Waals surface area contributed by atoms with Gasteiger partial charge in [-0.3, -0.25) is 9.59 Å². The molecule has 9 nitrogen and oxygen atoms in total. The molecule has 7 rings (SSSR count). The number of benzene rings is 4. The van der Waals surface area contributed by atoms with Crippen molar-refractivity contribution in [3.8, 4) is 23.0 Å². The standard InChI is InChI=1S/C49H57ClFNO8/c1-31-9-8-21-48(2)40(37-18-13-32(23-35(53)16-12-31)24-38(37)43(54)28-39-41(50)10-7-11-42(39)51)20-22-49(48,56)30-52(29-34-15-17-36(57-3)27-45(34)59-5)47(55)26-33-14-19-44(58-4)46(25-33)60-6/h7,9-11,13-15,17-19,24-25,27,35,40,53,56H,8,12,16,20-23,26,28-30H2,1-6H3/t35-,40-,48-,49+/m0/s1. The van der Waals surface area contributed by atoms with Crippen molar-refractivity contribution in [2.75, 3.05) is 35.0 Å². The highest BCUT2D eigenvalue weighted by molar-refractivity contribution is 6.31. The Morgan fingerprint density at radius 3 is 2.37 bits per heavy atom. The summed E-state index contributed by atoms with van der Waals surface area (Å²) >= 11 is 6.43. The second kappa shape index (κ2) is 19.2. The quantitative estimate of drug-likeness (QED) is 0.101. The summed E-state index contributed by atoms with van der Waals surface area (Å²) in [5.74, 6) is 0.820. The van der Waals surface area contributed by atoms with Gasteiger partial charge in [-0.25, -0.2) is 4.39 Å². The van der Waals surface area contributed by atoms with Crippen LogP contribution in [0.1, 0.15) is 96.5 Å². The van der Waals surface area contributed by atoms with Crippen molar-refractivity contribution in [2.45, 2.75) is 95.8 Å². The fraction of sp³-hybridized carbons (Fsp3) is 0.429. The Labute approximate surface area is 358 Å². The van der Waals surface area contributed by atoms with E-state index in [4.69, 9.17) is 30.5 Å². The maximum Gasteiger partial charge on any atom is 0.227 e. The second-order valence-electron chi connectivity index (χ2n) is 16.5. The van der Waals surface area contributed by atoms with Crippen LogP contribution in [-0.4, -0.2) is 73.5 Å². The van der Waals surface area contributed by atoms with Crippen LogP contribution in [-0.2, 0) is 30.6 Å². The number of amides is 1. The van der Waals surface area contributed by atoms with E-state index in [1.165, 1.54) is 12.1 Å². The van der Waals surface area contributed by atoms with Crippen molar-refractivity contribution in [2.24, 2.45) is 5.41 Å². The van der Waals surface area contributed by atoms with Gasteiger partial charge in [-0.1, -0.05) is 54.4 Å². The molecule has 2 bridgehead atoms. The highest BCUT2D eigenvalue weighted by atomic mass is 35.5. The lowest BCUT2D eigenvalue weighted by Crippen LogP contribution is -2.53. The van der Waals surface area contributed by atoms with Gasteiger partial charge in [0.05, 0.1) is 53.1 Å². The Morgan fingerprint density at radius 1 is 0.883 bits per heavy atom. The van der Waals surface area contributed by atoms with Gasteiger partial charge in [-0.15, -0.1) is 0 Å². The number of aliphatic hydroxyl groups excluding tert-OH is 1. The monoisotopic (exact) mass is 841 g/mol. The van der Waals surface area contributed by atoms with Crippen LogP contribution in [0.15, 0.2) is 84.4 Å². The average molecular weight is 842 g/mol. The van der Waals surface area contributed by atoms with Crippen molar-refractivity contribution in [1.82, 2.24) is 4.90 Å². The van der Waals surface area contributed by atoms with Gasteiger partial charge >= 0.3 is 0 Å². The summed E-state index contributed by atoms with van der Waals surface area (Å²) in [5, 5.41) is 24.5. The molecule has 3 aliphatic carbocycles. The number of Topliss-reactive ketones (excluding diaryl/α,β-unsaturated/α-hetero) is 1. The number of halogens is 2. The van der Waals surface area contributed by atoms with Crippen LogP contribution in [0.3, 0.4) is 0 Å². The first kappa shape index (κ1) is 44.6. The number of hydrogen-bond donors (Lipinski definition) is 2. The summed E-state index contributed by atoms with van der Waals surface area (Å²) in [6.07, 6.45) is 5.01. The smallest absolute Gasteiger partial charge is 0.227 e. The summed E-state index contributed by atoms with van der Waals surface area (Å²) in [4.78, 5) is 30.8. The van der Waals surface area contributed by atoms with Crippen LogP contribution in [0.4, 0.5) is 4.39 Å². The predicted octanol–water partition coefficient (Wildman–Crippen LogP) is 9.25. The Morgan fingerprint density at radius 2 is 1.65 bits per heavy atom. The van der Waals surface area contributed by atoms with Crippen LogP contribution >= 0.6 is 11.6 Å². The maximum absolute atomic E-state index is 15.1. The predicted molar refractivity (Wildman–Crippen MR) is 231 cm³/mol. The number of aliphatic hydroxyl groups is 2. The molecule has 60 heavy (non-hydrogen) atoms. The minimum atomic E-state index is -1.41. The van der Waals surface area contributed by atoms with E-state index < -0.39 is 22.9 Å². The van der Waals surface area contributed by atoms with Gasteiger partial charge in [-0.05, 0) is 117 Å². The topological polar surface area (TPSA) is 115 Å². The molecule has 1 amide bonds. The van der Waals surface area contributed by atoms with Crippen LogP contribution in [0, 0.1) is 11.2 Å². The zero-order chi connectivity index (χ0) is 43.2. The van der Waals surface area contributed by atoms with E-state index in [1.807, 2.05) is 36.4 Å². The van der Waals surface area contributed by atoms with Crippen LogP contribution < -0.4 is 18.9 Å². The Balaban J connectivity index is 1.43. The fourth-order valence-corrected chi connectivity index (χ4v) is 9.44. The molecule has 0 unspecified atom stereocenters. The zero-order valence-electron chi connectivity index (χ0n) is 35.5. The van der Waals surface area contributed by atoms with Gasteiger partial charge in [-0.2, -0.15) is 0 Å². The minimum Gasteiger partial charge on any atom is -0.497 e. The molecule has 0 spiro atoms. The van der Waals surface area contributed by atoms with E-state index in [9.17, 15) is 19.8 Å². The Kier molecular flexibility index (Phi) is 14.3. The molecule has 320 valence electrons. The summed E-state index contributed by atoms with van der Waals surface area (Å²) in [5.41, 5.74) is 2.45. The van der Waals surface area contributed by atoms with Gasteiger partial charge < -0.3 is 34.1 Å². The van der Waals surface area contributed by atoms with Gasteiger partial charge in [0, 0.05) is 46.2 Å². The molecule has 0 heterocycles. The number of allylic oxidation sites excluding steroid dienone is 2. The fourth-order valence-electron chi connectivity index (χ4n) is 9.21. The third-order valence-electron chi connectivity index (χ3n) is 12.8. The molecule has 4 aromatic carbocycles. The molecule has 1 saturated carbocycles. The summed E-state index contributed by atoms with van der Waals surface area (Å²) in [6, 6.07) is 20.9. The highest BCUT2D eigenvalue weighted by Crippen LogP contribution is 2.59. The molecule has 4 atom stereocenters. The number of hydrogen-bond acceptors (Lipinski definition) is 8. The average Bonchev–Trinajstić information content (AvgIpc) is 3.49. The largest absolute Gasteiger partial charge is 0.497 e. The molecule has 0 radical (unpaired) electrons. The molecule has 3 aliphatic rings. The number of ether oxygens (including phenoxy) is 4. The lowest BCUT2D eigenvalue weighted by Gasteiger charge is -2.46.